The van der Waals surface area contributed by atoms with E-state index in [1.54, 1.807) is 40.7 Å². The lowest BCUT2D eigenvalue weighted by molar-refractivity contribution is 0.115. The van der Waals surface area contributed by atoms with Crippen molar-refractivity contribution in [3.05, 3.63) is 48.2 Å². The Labute approximate surface area is 204 Å². The highest BCUT2D eigenvalue weighted by Crippen LogP contribution is 2.39. The smallest absolute Gasteiger partial charge is 0.243 e. The van der Waals surface area contributed by atoms with Gasteiger partial charge in [-0.15, -0.1) is 0 Å². The number of sulfonamides is 1. The van der Waals surface area contributed by atoms with Crippen molar-refractivity contribution in [2.75, 3.05) is 17.7 Å². The fourth-order valence-electron chi connectivity index (χ4n) is 5.04. The van der Waals surface area contributed by atoms with Crippen LogP contribution in [0.2, 0.25) is 0 Å². The second-order valence-corrected chi connectivity index (χ2v) is 10.7. The van der Waals surface area contributed by atoms with Crippen molar-refractivity contribution in [3.8, 4) is 5.88 Å². The number of methoxy groups -OCH3 is 1. The molecule has 3 aromatic rings. The van der Waals surface area contributed by atoms with E-state index in [0.717, 1.165) is 19.3 Å². The molecule has 2 fully saturated rings. The van der Waals surface area contributed by atoms with Crippen LogP contribution in [0.4, 0.5) is 17.6 Å². The summed E-state index contributed by atoms with van der Waals surface area (Å²) in [6, 6.07) is 11.9. The van der Waals surface area contributed by atoms with Crippen LogP contribution >= 0.6 is 0 Å². The van der Waals surface area contributed by atoms with E-state index in [2.05, 4.69) is 30.8 Å². The number of aromatic nitrogens is 4. The van der Waals surface area contributed by atoms with E-state index in [-0.39, 0.29) is 24.7 Å². The third-order valence-corrected chi connectivity index (χ3v) is 8.55. The molecule has 4 heterocycles. The molecule has 1 aromatic carbocycles. The first kappa shape index (κ1) is 23.5. The molecule has 2 aliphatic heterocycles. The summed E-state index contributed by atoms with van der Waals surface area (Å²) in [5.41, 5.74) is 0.579. The van der Waals surface area contributed by atoms with Crippen molar-refractivity contribution in [3.63, 3.8) is 0 Å². The number of rotatable bonds is 8. The Bertz CT molecular complexity index is 1250. The number of H-pyrrole nitrogens is 1. The van der Waals surface area contributed by atoms with Gasteiger partial charge in [0.15, 0.2) is 5.82 Å². The van der Waals surface area contributed by atoms with Gasteiger partial charge in [-0.25, -0.2) is 8.42 Å². The van der Waals surface area contributed by atoms with Gasteiger partial charge in [-0.1, -0.05) is 24.6 Å². The van der Waals surface area contributed by atoms with E-state index in [1.807, 2.05) is 6.07 Å². The van der Waals surface area contributed by atoms with Gasteiger partial charge < -0.3 is 20.5 Å². The quantitative estimate of drug-likeness (QED) is 0.367. The summed E-state index contributed by atoms with van der Waals surface area (Å²) in [5.74, 6) is 1.77. The van der Waals surface area contributed by atoms with Crippen molar-refractivity contribution in [1.29, 1.82) is 0 Å². The SMILES string of the molecule is COc1cc(Nc2cc(CO)[nH]n2)nc(NC2CC3CCCC(C2)N3S(=O)(=O)c2ccccc2)n1. The summed E-state index contributed by atoms with van der Waals surface area (Å²) < 4.78 is 33.9. The number of nitrogens with one attached hydrogen (secondary N) is 3. The number of aliphatic hydroxyl groups excluding tert-OH is 1. The molecular weight excluding hydrogens is 470 g/mol. The summed E-state index contributed by atoms with van der Waals surface area (Å²) in [5, 5.41) is 22.5. The predicted molar refractivity (Wildman–Crippen MR) is 130 cm³/mol. The van der Waals surface area contributed by atoms with Gasteiger partial charge in [0.25, 0.3) is 0 Å². The Morgan fingerprint density at radius 3 is 2.51 bits per heavy atom. The minimum atomic E-state index is -3.55. The van der Waals surface area contributed by atoms with Crippen molar-refractivity contribution in [2.24, 2.45) is 0 Å². The standard InChI is InChI=1S/C23H29N7O4S/c1-34-22-13-20(25-21-12-16(14-31)28-29-21)26-23(27-22)24-15-10-17-6-5-7-18(11-15)30(17)35(32,33)19-8-3-2-4-9-19/h2-4,8-9,12-13,15,17-18,31H,5-7,10-11,14H2,1H3,(H3,24,25,26,27,28,29). The number of aliphatic hydroxyl groups is 1. The Morgan fingerprint density at radius 1 is 1.11 bits per heavy atom. The van der Waals surface area contributed by atoms with Gasteiger partial charge >= 0.3 is 0 Å². The molecule has 0 saturated carbocycles. The zero-order valence-corrected chi connectivity index (χ0v) is 20.2. The monoisotopic (exact) mass is 499 g/mol. The summed E-state index contributed by atoms with van der Waals surface area (Å²) in [6.45, 7) is -0.143. The van der Waals surface area contributed by atoms with E-state index in [4.69, 9.17) is 4.74 Å². The van der Waals surface area contributed by atoms with Crippen molar-refractivity contribution in [2.45, 2.75) is 61.7 Å². The fraction of sp³-hybridized carbons (Fsp3) is 0.435. The van der Waals surface area contributed by atoms with Crippen LogP contribution in [-0.4, -0.2) is 63.2 Å². The summed E-state index contributed by atoms with van der Waals surface area (Å²) >= 11 is 0. The predicted octanol–water partition coefficient (Wildman–Crippen LogP) is 2.63. The average molecular weight is 500 g/mol. The van der Waals surface area contributed by atoms with Crippen molar-refractivity contribution >= 4 is 27.6 Å². The highest BCUT2D eigenvalue weighted by atomic mass is 32.2. The van der Waals surface area contributed by atoms with E-state index in [0.29, 0.717) is 46.9 Å². The molecule has 12 heteroatoms. The third kappa shape index (κ3) is 4.95. The van der Waals surface area contributed by atoms with Crippen LogP contribution in [0.5, 0.6) is 5.88 Å². The topological polar surface area (TPSA) is 145 Å². The highest BCUT2D eigenvalue weighted by molar-refractivity contribution is 7.89. The van der Waals surface area contributed by atoms with Crippen LogP contribution in [-0.2, 0) is 16.6 Å². The van der Waals surface area contributed by atoms with Gasteiger partial charge in [0.05, 0.1) is 24.3 Å². The number of fused-ring (bicyclic) bond motifs is 2. The van der Waals surface area contributed by atoms with Crippen LogP contribution in [0.25, 0.3) is 0 Å². The number of hydrogen-bond donors (Lipinski definition) is 4. The molecule has 2 saturated heterocycles. The van der Waals surface area contributed by atoms with E-state index < -0.39 is 10.0 Å². The number of anilines is 3. The number of benzene rings is 1. The second-order valence-electron chi connectivity index (χ2n) is 8.88. The maximum absolute atomic E-state index is 13.4. The molecule has 11 nitrogen and oxygen atoms in total. The molecule has 2 bridgehead atoms. The van der Waals surface area contributed by atoms with Gasteiger partial charge in [-0.05, 0) is 37.8 Å². The summed E-state index contributed by atoms with van der Waals surface area (Å²) in [7, 11) is -2.02. The van der Waals surface area contributed by atoms with Crippen LogP contribution in [0.1, 0.15) is 37.8 Å². The first-order chi connectivity index (χ1) is 17.0. The zero-order valence-electron chi connectivity index (χ0n) is 19.4. The number of ether oxygens (including phenoxy) is 1. The van der Waals surface area contributed by atoms with E-state index >= 15 is 0 Å². The summed E-state index contributed by atoms with van der Waals surface area (Å²) in [4.78, 5) is 9.33. The van der Waals surface area contributed by atoms with Gasteiger partial charge in [0, 0.05) is 30.3 Å². The van der Waals surface area contributed by atoms with Crippen LogP contribution in [0.3, 0.4) is 0 Å². The maximum Gasteiger partial charge on any atom is 0.243 e. The zero-order chi connectivity index (χ0) is 24.4. The molecule has 2 aliphatic rings. The van der Waals surface area contributed by atoms with E-state index in [1.165, 1.54) is 7.11 Å². The molecule has 0 spiro atoms. The molecule has 4 N–H and O–H groups in total. The molecule has 0 radical (unpaired) electrons. The molecule has 186 valence electrons. The van der Waals surface area contributed by atoms with Crippen LogP contribution in [0, 0.1) is 0 Å². The molecule has 2 unspecified atom stereocenters. The average Bonchev–Trinajstić information content (AvgIpc) is 3.31. The van der Waals surface area contributed by atoms with Gasteiger partial charge in [0.1, 0.15) is 5.82 Å². The number of nitrogens with zero attached hydrogens (tertiary/aromatic N) is 4. The minimum absolute atomic E-state index is 0.0267. The second kappa shape index (κ2) is 9.80. The first-order valence-corrected chi connectivity index (χ1v) is 13.1. The molecule has 5 rings (SSSR count). The largest absolute Gasteiger partial charge is 0.481 e. The highest BCUT2D eigenvalue weighted by Gasteiger charge is 2.45. The Morgan fingerprint density at radius 2 is 1.86 bits per heavy atom. The lowest BCUT2D eigenvalue weighted by atomic mass is 9.84. The molecular formula is C23H29N7O4S. The molecule has 2 atom stereocenters. The molecule has 35 heavy (non-hydrogen) atoms. The minimum Gasteiger partial charge on any atom is -0.481 e. The maximum atomic E-state index is 13.4. The van der Waals surface area contributed by atoms with Crippen LogP contribution in [0.15, 0.2) is 47.4 Å². The Hall–Kier alpha value is -3.22. The lowest BCUT2D eigenvalue weighted by Crippen LogP contribution is -2.56. The molecule has 2 aromatic heterocycles. The van der Waals surface area contributed by atoms with Crippen LogP contribution < -0.4 is 15.4 Å². The molecule has 0 aliphatic carbocycles. The van der Waals surface area contributed by atoms with Crippen molar-refractivity contribution in [1.82, 2.24) is 24.5 Å². The van der Waals surface area contributed by atoms with Gasteiger partial charge in [-0.2, -0.15) is 19.4 Å². The number of piperidine rings is 2. The Balaban J connectivity index is 1.33. The number of hydrogen-bond acceptors (Lipinski definition) is 9. The normalized spacial score (nSPS) is 22.5. The van der Waals surface area contributed by atoms with Gasteiger partial charge in [-0.3, -0.25) is 5.10 Å². The fourth-order valence-corrected chi connectivity index (χ4v) is 6.95. The molecule has 0 amide bonds. The summed E-state index contributed by atoms with van der Waals surface area (Å²) in [6.07, 6.45) is 4.03. The van der Waals surface area contributed by atoms with Crippen molar-refractivity contribution < 1.29 is 18.3 Å². The Kier molecular flexibility index (Phi) is 6.58. The van der Waals surface area contributed by atoms with Gasteiger partial charge in [0.2, 0.25) is 21.9 Å². The number of aromatic amines is 1. The lowest BCUT2D eigenvalue weighted by Gasteiger charge is -2.47. The third-order valence-electron chi connectivity index (χ3n) is 6.53. The first-order valence-electron chi connectivity index (χ1n) is 11.7. The van der Waals surface area contributed by atoms with E-state index in [9.17, 15) is 13.5 Å².